The van der Waals surface area contributed by atoms with Crippen LogP contribution in [0.4, 0.5) is 11.6 Å². The van der Waals surface area contributed by atoms with Crippen LogP contribution in [-0.2, 0) is 0 Å². The molecule has 1 aliphatic rings. The first-order valence-electron chi connectivity index (χ1n) is 7.07. The third-order valence-corrected chi connectivity index (χ3v) is 3.61. The minimum absolute atomic E-state index is 0.191. The van der Waals surface area contributed by atoms with Gasteiger partial charge >= 0.3 is 0 Å². The third-order valence-electron chi connectivity index (χ3n) is 3.61. The molecule has 1 aliphatic carbocycles. The van der Waals surface area contributed by atoms with Gasteiger partial charge < -0.3 is 16.0 Å². The maximum atomic E-state index is 11.8. The van der Waals surface area contributed by atoms with Crippen LogP contribution in [0.1, 0.15) is 12.8 Å². The monoisotopic (exact) mass is 294 g/mol. The van der Waals surface area contributed by atoms with E-state index in [2.05, 4.69) is 25.3 Å². The molecule has 4 rings (SSSR count). The Morgan fingerprint density at radius 1 is 1.23 bits per heavy atom. The summed E-state index contributed by atoms with van der Waals surface area (Å²) < 4.78 is 0. The normalized spacial score (nSPS) is 14.2. The van der Waals surface area contributed by atoms with E-state index in [9.17, 15) is 4.79 Å². The number of hydrogen-bond donors (Lipinski definition) is 3. The van der Waals surface area contributed by atoms with E-state index in [1.54, 1.807) is 30.7 Å². The molecule has 7 heteroatoms. The number of hydrogen-bond acceptors (Lipinski definition) is 6. The SMILES string of the molecule is Nc1nc(-c2cncc(NC3CC3)n2)cc2cc[nH]c(=O)c12. The molecule has 3 aromatic heterocycles. The molecule has 7 nitrogen and oxygen atoms in total. The molecule has 0 atom stereocenters. The summed E-state index contributed by atoms with van der Waals surface area (Å²) in [6, 6.07) is 4.09. The predicted molar refractivity (Wildman–Crippen MR) is 84.4 cm³/mol. The molecule has 0 aliphatic heterocycles. The fourth-order valence-corrected chi connectivity index (χ4v) is 2.37. The number of nitrogens with two attached hydrogens (primary N) is 1. The van der Waals surface area contributed by atoms with Crippen LogP contribution in [-0.4, -0.2) is 26.0 Å². The largest absolute Gasteiger partial charge is 0.383 e. The molecule has 0 radical (unpaired) electrons. The van der Waals surface area contributed by atoms with Crippen LogP contribution in [0.2, 0.25) is 0 Å². The summed E-state index contributed by atoms with van der Waals surface area (Å²) in [5, 5.41) is 4.42. The van der Waals surface area contributed by atoms with Crippen molar-refractivity contribution in [2.45, 2.75) is 18.9 Å². The van der Waals surface area contributed by atoms with Gasteiger partial charge in [0, 0.05) is 12.2 Å². The minimum atomic E-state index is -0.246. The fraction of sp³-hybridized carbons (Fsp3) is 0.200. The third kappa shape index (κ3) is 2.26. The molecule has 0 spiro atoms. The van der Waals surface area contributed by atoms with Crippen molar-refractivity contribution in [3.63, 3.8) is 0 Å². The lowest BCUT2D eigenvalue weighted by Crippen LogP contribution is -2.09. The van der Waals surface area contributed by atoms with E-state index in [1.807, 2.05) is 0 Å². The molecular formula is C15H14N6O. The van der Waals surface area contributed by atoms with Gasteiger partial charge in [0.25, 0.3) is 5.56 Å². The Hall–Kier alpha value is -2.96. The molecule has 3 aromatic rings. The predicted octanol–water partition coefficient (Wildman–Crippen LogP) is 1.54. The van der Waals surface area contributed by atoms with Gasteiger partial charge in [-0.1, -0.05) is 0 Å². The molecule has 0 saturated heterocycles. The highest BCUT2D eigenvalue weighted by molar-refractivity contribution is 5.92. The first-order chi connectivity index (χ1) is 10.7. The molecule has 22 heavy (non-hydrogen) atoms. The Labute approximate surface area is 125 Å². The Morgan fingerprint density at radius 2 is 2.09 bits per heavy atom. The molecule has 0 unspecified atom stereocenters. The van der Waals surface area contributed by atoms with Crippen molar-refractivity contribution in [1.29, 1.82) is 0 Å². The maximum Gasteiger partial charge on any atom is 0.259 e. The van der Waals surface area contributed by atoms with Crippen LogP contribution >= 0.6 is 0 Å². The fourth-order valence-electron chi connectivity index (χ4n) is 2.37. The van der Waals surface area contributed by atoms with Gasteiger partial charge in [-0.2, -0.15) is 0 Å². The number of aromatic amines is 1. The van der Waals surface area contributed by atoms with Gasteiger partial charge in [-0.25, -0.2) is 9.97 Å². The highest BCUT2D eigenvalue weighted by Gasteiger charge is 2.21. The van der Waals surface area contributed by atoms with Crippen LogP contribution in [0.3, 0.4) is 0 Å². The summed E-state index contributed by atoms with van der Waals surface area (Å²) in [5.41, 5.74) is 6.91. The lowest BCUT2D eigenvalue weighted by atomic mass is 10.1. The van der Waals surface area contributed by atoms with Crippen molar-refractivity contribution >= 4 is 22.4 Å². The molecule has 0 aromatic carbocycles. The first kappa shape index (κ1) is 12.8. The van der Waals surface area contributed by atoms with Gasteiger partial charge in [-0.3, -0.25) is 9.78 Å². The lowest BCUT2D eigenvalue weighted by molar-refractivity contribution is 1.08. The smallest absolute Gasteiger partial charge is 0.259 e. The van der Waals surface area contributed by atoms with E-state index < -0.39 is 0 Å². The minimum Gasteiger partial charge on any atom is -0.383 e. The van der Waals surface area contributed by atoms with E-state index in [1.165, 1.54) is 0 Å². The van der Waals surface area contributed by atoms with Crippen LogP contribution in [0, 0.1) is 0 Å². The van der Waals surface area contributed by atoms with Crippen LogP contribution in [0.15, 0.2) is 35.5 Å². The van der Waals surface area contributed by atoms with E-state index in [4.69, 9.17) is 5.73 Å². The number of nitrogen functional groups attached to an aromatic ring is 1. The second kappa shape index (κ2) is 4.80. The van der Waals surface area contributed by atoms with Crippen molar-refractivity contribution in [2.75, 3.05) is 11.1 Å². The molecule has 0 bridgehead atoms. The van der Waals surface area contributed by atoms with E-state index >= 15 is 0 Å². The van der Waals surface area contributed by atoms with Crippen LogP contribution in [0.5, 0.6) is 0 Å². The first-order valence-corrected chi connectivity index (χ1v) is 7.07. The van der Waals surface area contributed by atoms with Gasteiger partial charge in [-0.05, 0) is 30.4 Å². The van der Waals surface area contributed by atoms with Gasteiger partial charge in [-0.15, -0.1) is 0 Å². The number of H-pyrrole nitrogens is 1. The molecule has 1 fully saturated rings. The zero-order valence-electron chi connectivity index (χ0n) is 11.7. The summed E-state index contributed by atoms with van der Waals surface area (Å²) in [7, 11) is 0. The van der Waals surface area contributed by atoms with Crippen LogP contribution < -0.4 is 16.6 Å². The highest BCUT2D eigenvalue weighted by atomic mass is 16.1. The lowest BCUT2D eigenvalue weighted by Gasteiger charge is -2.07. The van der Waals surface area contributed by atoms with E-state index in [0.717, 1.165) is 24.0 Å². The maximum absolute atomic E-state index is 11.8. The zero-order valence-corrected chi connectivity index (χ0v) is 11.7. The number of anilines is 2. The number of nitrogens with zero attached hydrogens (tertiary/aromatic N) is 3. The topological polar surface area (TPSA) is 110 Å². The Balaban J connectivity index is 1.82. The van der Waals surface area contributed by atoms with Gasteiger partial charge in [0.1, 0.15) is 17.3 Å². The average molecular weight is 294 g/mol. The number of fused-ring (bicyclic) bond motifs is 1. The van der Waals surface area contributed by atoms with Crippen LogP contribution in [0.25, 0.3) is 22.2 Å². The van der Waals surface area contributed by atoms with Crippen molar-refractivity contribution in [3.05, 3.63) is 41.1 Å². The second-order valence-corrected chi connectivity index (χ2v) is 5.37. The van der Waals surface area contributed by atoms with Crippen molar-refractivity contribution < 1.29 is 0 Å². The van der Waals surface area contributed by atoms with Crippen molar-refractivity contribution in [3.8, 4) is 11.4 Å². The Morgan fingerprint density at radius 3 is 2.91 bits per heavy atom. The number of pyridine rings is 2. The summed E-state index contributed by atoms with van der Waals surface area (Å²) in [6.45, 7) is 0. The Bertz CT molecular complexity index is 915. The Kier molecular flexibility index (Phi) is 2.78. The molecule has 3 heterocycles. The standard InChI is InChI=1S/C15H14N6O/c16-14-13-8(3-4-18-15(13)22)5-10(21-14)11-6-17-7-12(20-11)19-9-1-2-9/h3-7,9H,1-2H2,(H2,16,21)(H,18,22)(H,19,20). The molecule has 0 amide bonds. The quantitative estimate of drug-likeness (QED) is 0.676. The number of aromatic nitrogens is 4. The van der Waals surface area contributed by atoms with Crippen molar-refractivity contribution in [2.24, 2.45) is 0 Å². The molecule has 4 N–H and O–H groups in total. The van der Waals surface area contributed by atoms with Crippen molar-refractivity contribution in [1.82, 2.24) is 19.9 Å². The highest BCUT2D eigenvalue weighted by Crippen LogP contribution is 2.26. The van der Waals surface area contributed by atoms with E-state index in [0.29, 0.717) is 22.8 Å². The second-order valence-electron chi connectivity index (χ2n) is 5.37. The molecular weight excluding hydrogens is 280 g/mol. The van der Waals surface area contributed by atoms with Gasteiger partial charge in [0.2, 0.25) is 0 Å². The summed E-state index contributed by atoms with van der Waals surface area (Å²) >= 11 is 0. The van der Waals surface area contributed by atoms with Gasteiger partial charge in [0.15, 0.2) is 0 Å². The molecule has 1 saturated carbocycles. The summed E-state index contributed by atoms with van der Waals surface area (Å²) in [4.78, 5) is 27.4. The van der Waals surface area contributed by atoms with E-state index in [-0.39, 0.29) is 11.4 Å². The summed E-state index contributed by atoms with van der Waals surface area (Å²) in [5.74, 6) is 0.920. The van der Waals surface area contributed by atoms with Gasteiger partial charge in [0.05, 0.1) is 23.5 Å². The summed E-state index contributed by atoms with van der Waals surface area (Å²) in [6.07, 6.45) is 7.24. The zero-order chi connectivity index (χ0) is 15.1. The average Bonchev–Trinajstić information content (AvgIpc) is 3.31. The molecule has 110 valence electrons. The number of rotatable bonds is 3. The number of nitrogens with one attached hydrogen (secondary N) is 2.